The molecule has 0 heterocycles. The minimum Gasteiger partial charge on any atom is -0.461 e. The highest BCUT2D eigenvalue weighted by molar-refractivity contribution is 8.00. The van der Waals surface area contributed by atoms with Crippen molar-refractivity contribution in [1.29, 1.82) is 0 Å². The zero-order valence-corrected chi connectivity index (χ0v) is 14.4. The third-order valence-corrected chi connectivity index (χ3v) is 5.12. The van der Waals surface area contributed by atoms with E-state index in [2.05, 4.69) is 62.0 Å². The molecular formula is C20H22O2S. The maximum atomic E-state index is 11.5. The first-order chi connectivity index (χ1) is 11.0. The molecule has 0 atom stereocenters. The molecule has 0 aliphatic heterocycles. The molecule has 0 radical (unpaired) electrons. The van der Waals surface area contributed by atoms with Crippen LogP contribution in [-0.4, -0.2) is 18.3 Å². The Morgan fingerprint density at radius 2 is 1.52 bits per heavy atom. The van der Waals surface area contributed by atoms with Gasteiger partial charge >= 0.3 is 5.97 Å². The van der Waals surface area contributed by atoms with Crippen LogP contribution in [0.5, 0.6) is 0 Å². The Balaban J connectivity index is 2.13. The monoisotopic (exact) mass is 326 g/mol. The van der Waals surface area contributed by atoms with Crippen molar-refractivity contribution in [2.45, 2.75) is 18.6 Å². The van der Waals surface area contributed by atoms with E-state index in [1.165, 1.54) is 11.1 Å². The van der Waals surface area contributed by atoms with Crippen LogP contribution in [0, 0.1) is 0 Å². The molecule has 0 N–H and O–H groups in total. The number of ether oxygens (including phenoxy) is 1. The largest absolute Gasteiger partial charge is 0.461 e. The van der Waals surface area contributed by atoms with Gasteiger partial charge in [-0.25, -0.2) is 4.79 Å². The van der Waals surface area contributed by atoms with Gasteiger partial charge in [0, 0.05) is 11.3 Å². The molecule has 0 unspecified atom stereocenters. The molecule has 0 aliphatic rings. The fourth-order valence-corrected chi connectivity index (χ4v) is 3.53. The first-order valence-electron chi connectivity index (χ1n) is 7.61. The van der Waals surface area contributed by atoms with Crippen LogP contribution < -0.4 is 0 Å². The quantitative estimate of drug-likeness (QED) is 0.415. The molecule has 0 fully saturated rings. The van der Waals surface area contributed by atoms with Gasteiger partial charge < -0.3 is 4.74 Å². The molecule has 0 spiro atoms. The lowest BCUT2D eigenvalue weighted by Gasteiger charge is -2.30. The topological polar surface area (TPSA) is 26.3 Å². The van der Waals surface area contributed by atoms with Gasteiger partial charge in [-0.15, -0.1) is 11.8 Å². The molecule has 2 aromatic rings. The maximum absolute atomic E-state index is 11.5. The Bertz CT molecular complexity index is 610. The molecule has 2 nitrogen and oxygen atoms in total. The summed E-state index contributed by atoms with van der Waals surface area (Å²) in [6.07, 6.45) is 0. The summed E-state index contributed by atoms with van der Waals surface area (Å²) in [7, 11) is 0. The van der Waals surface area contributed by atoms with Gasteiger partial charge in [0.2, 0.25) is 0 Å². The Morgan fingerprint density at radius 3 is 1.96 bits per heavy atom. The van der Waals surface area contributed by atoms with Gasteiger partial charge in [-0.1, -0.05) is 67.2 Å². The number of carbonyl (C=O) groups excluding carboxylic acids is 1. The lowest BCUT2D eigenvalue weighted by Crippen LogP contribution is -2.21. The lowest BCUT2D eigenvalue weighted by molar-refractivity contribution is -0.138. The summed E-state index contributed by atoms with van der Waals surface area (Å²) in [4.78, 5) is 11.5. The smallest absolute Gasteiger partial charge is 0.333 e. The zero-order valence-electron chi connectivity index (χ0n) is 13.6. The molecule has 0 saturated heterocycles. The summed E-state index contributed by atoms with van der Waals surface area (Å²) in [6.45, 7) is 7.85. The molecule has 3 heteroatoms. The van der Waals surface area contributed by atoms with E-state index in [1.807, 2.05) is 12.1 Å². The maximum Gasteiger partial charge on any atom is 0.333 e. The predicted octanol–water partition coefficient (Wildman–Crippen LogP) is 4.80. The first-order valence-corrected chi connectivity index (χ1v) is 8.60. The van der Waals surface area contributed by atoms with Gasteiger partial charge in [0.05, 0.1) is 4.75 Å². The minimum absolute atomic E-state index is 0.182. The highest BCUT2D eigenvalue weighted by atomic mass is 32.2. The van der Waals surface area contributed by atoms with E-state index in [0.29, 0.717) is 12.2 Å². The molecule has 0 aliphatic carbocycles. The van der Waals surface area contributed by atoms with E-state index in [1.54, 1.807) is 18.7 Å². The number of thioether (sulfide) groups is 1. The second-order valence-electron chi connectivity index (χ2n) is 5.53. The van der Waals surface area contributed by atoms with E-state index < -0.39 is 0 Å². The fraction of sp³-hybridized carbons (Fsp3) is 0.250. The summed E-state index contributed by atoms with van der Waals surface area (Å²) in [5.74, 6) is 0.394. The summed E-state index contributed by atoms with van der Waals surface area (Å²) >= 11 is 1.78. The van der Waals surface area contributed by atoms with Gasteiger partial charge in [-0.2, -0.15) is 0 Å². The average Bonchev–Trinajstić information content (AvgIpc) is 2.59. The molecule has 2 aromatic carbocycles. The SMILES string of the molecule is C=C(C)C(=O)OCCSC(C)(c1ccccc1)c1ccccc1. The summed E-state index contributed by atoms with van der Waals surface area (Å²) < 4.78 is 5.03. The fourth-order valence-electron chi connectivity index (χ4n) is 2.35. The van der Waals surface area contributed by atoms with E-state index >= 15 is 0 Å². The standard InChI is InChI=1S/C20H22O2S/c1-16(2)19(21)22-14-15-23-20(3,17-10-6-4-7-11-17)18-12-8-5-9-13-18/h4-13H,1,14-15H2,2-3H3. The van der Waals surface area contributed by atoms with E-state index in [9.17, 15) is 4.79 Å². The van der Waals surface area contributed by atoms with Crippen LogP contribution in [0.3, 0.4) is 0 Å². The second kappa shape index (κ2) is 8.02. The lowest BCUT2D eigenvalue weighted by atomic mass is 9.92. The van der Waals surface area contributed by atoms with E-state index in [4.69, 9.17) is 4.74 Å². The van der Waals surface area contributed by atoms with Gasteiger partial charge in [0.15, 0.2) is 0 Å². The van der Waals surface area contributed by atoms with Crippen molar-refractivity contribution >= 4 is 17.7 Å². The van der Waals surface area contributed by atoms with E-state index in [-0.39, 0.29) is 10.7 Å². The normalized spacial score (nSPS) is 11.0. The van der Waals surface area contributed by atoms with Gasteiger partial charge in [-0.05, 0) is 25.0 Å². The molecule has 0 bridgehead atoms. The second-order valence-corrected chi connectivity index (χ2v) is 7.04. The molecule has 0 aromatic heterocycles. The Morgan fingerprint density at radius 1 is 1.04 bits per heavy atom. The Labute approximate surface area is 142 Å². The number of benzene rings is 2. The van der Waals surface area contributed by atoms with Gasteiger partial charge in [0.1, 0.15) is 6.61 Å². The van der Waals surface area contributed by atoms with Crippen molar-refractivity contribution in [1.82, 2.24) is 0 Å². The number of rotatable bonds is 7. The Hall–Kier alpha value is -2.00. The number of hydrogen-bond donors (Lipinski definition) is 0. The molecule has 0 saturated carbocycles. The Kier molecular flexibility index (Phi) is 6.05. The van der Waals surface area contributed by atoms with Gasteiger partial charge in [-0.3, -0.25) is 0 Å². The van der Waals surface area contributed by atoms with E-state index in [0.717, 1.165) is 5.75 Å². The third kappa shape index (κ3) is 4.49. The molecule has 2 rings (SSSR count). The van der Waals surface area contributed by atoms with Crippen LogP contribution >= 0.6 is 11.8 Å². The minimum atomic E-state index is -0.327. The molecule has 120 valence electrons. The van der Waals surface area contributed by atoms with Crippen LogP contribution in [-0.2, 0) is 14.3 Å². The molecular weight excluding hydrogens is 304 g/mol. The van der Waals surface area contributed by atoms with Gasteiger partial charge in [0.25, 0.3) is 0 Å². The van der Waals surface area contributed by atoms with Crippen molar-refractivity contribution in [2.75, 3.05) is 12.4 Å². The summed E-state index contributed by atoms with van der Waals surface area (Å²) in [5.41, 5.74) is 2.91. The first kappa shape index (κ1) is 17.4. The van der Waals surface area contributed by atoms with Crippen molar-refractivity contribution in [3.8, 4) is 0 Å². The summed E-state index contributed by atoms with van der Waals surface area (Å²) in [5, 5.41) is 0. The summed E-state index contributed by atoms with van der Waals surface area (Å²) in [6, 6.07) is 20.8. The number of esters is 1. The van der Waals surface area contributed by atoms with Crippen LogP contribution in [0.15, 0.2) is 72.8 Å². The molecule has 23 heavy (non-hydrogen) atoms. The highest BCUT2D eigenvalue weighted by Gasteiger charge is 2.29. The zero-order chi connectivity index (χ0) is 16.7. The average molecular weight is 326 g/mol. The number of carbonyl (C=O) groups is 1. The molecule has 0 amide bonds. The van der Waals surface area contributed by atoms with Crippen molar-refractivity contribution < 1.29 is 9.53 Å². The van der Waals surface area contributed by atoms with Crippen LogP contribution in [0.2, 0.25) is 0 Å². The van der Waals surface area contributed by atoms with Crippen LogP contribution in [0.25, 0.3) is 0 Å². The number of hydrogen-bond acceptors (Lipinski definition) is 3. The predicted molar refractivity (Wildman–Crippen MR) is 97.6 cm³/mol. The van der Waals surface area contributed by atoms with Crippen molar-refractivity contribution in [3.63, 3.8) is 0 Å². The highest BCUT2D eigenvalue weighted by Crippen LogP contribution is 2.42. The van der Waals surface area contributed by atoms with Crippen molar-refractivity contribution in [2.24, 2.45) is 0 Å². The van der Waals surface area contributed by atoms with Crippen LogP contribution in [0.1, 0.15) is 25.0 Å². The van der Waals surface area contributed by atoms with Crippen LogP contribution in [0.4, 0.5) is 0 Å². The third-order valence-electron chi connectivity index (χ3n) is 3.70. The van der Waals surface area contributed by atoms with Crippen molar-refractivity contribution in [3.05, 3.63) is 83.9 Å².